The van der Waals surface area contributed by atoms with Gasteiger partial charge >= 0.3 is 0 Å². The highest BCUT2D eigenvalue weighted by Crippen LogP contribution is 2.33. The number of aliphatic hydroxyl groups excluding tert-OH is 6. The number of hydrogen-bond donors (Lipinski definition) is 10. The fourth-order valence-electron chi connectivity index (χ4n) is 5.06. The van der Waals surface area contributed by atoms with Gasteiger partial charge in [0.15, 0.2) is 12.6 Å². The van der Waals surface area contributed by atoms with Crippen LogP contribution in [0.15, 0.2) is 0 Å². The molecular formula is C22H44N4O10. The molecule has 36 heavy (non-hydrogen) atoms. The Kier molecular flexibility index (Phi) is 10.4. The van der Waals surface area contributed by atoms with Gasteiger partial charge in [0.1, 0.15) is 48.8 Å². The van der Waals surface area contributed by atoms with Crippen LogP contribution in [0.25, 0.3) is 0 Å². The van der Waals surface area contributed by atoms with Gasteiger partial charge in [0, 0.05) is 18.1 Å². The summed E-state index contributed by atoms with van der Waals surface area (Å²) in [5.74, 6) is 0. The zero-order valence-corrected chi connectivity index (χ0v) is 20.9. The van der Waals surface area contributed by atoms with E-state index in [1.165, 1.54) is 6.92 Å². The lowest BCUT2D eigenvalue weighted by atomic mass is 9.83. The van der Waals surface area contributed by atoms with Gasteiger partial charge in [-0.1, -0.05) is 6.92 Å². The molecule has 0 bridgehead atoms. The quantitative estimate of drug-likeness (QED) is 0.136. The van der Waals surface area contributed by atoms with Crippen LogP contribution in [0.5, 0.6) is 0 Å². The SMILES string of the molecule is CCCN[C@@H]1CC(N)[C@@H](O[C@H]2OC([C@@H](C)O)[C@@H](O)C(O)C2N)C(O[C@@H]2O[C@H]([C@H](C)N)C(O)C2O)C1O. The summed E-state index contributed by atoms with van der Waals surface area (Å²) in [5, 5.41) is 65.9. The van der Waals surface area contributed by atoms with E-state index in [0.29, 0.717) is 6.54 Å². The van der Waals surface area contributed by atoms with Gasteiger partial charge < -0.3 is 72.1 Å². The first-order valence-electron chi connectivity index (χ1n) is 12.6. The molecule has 2 heterocycles. The summed E-state index contributed by atoms with van der Waals surface area (Å²) in [6.07, 6.45) is -13.9. The summed E-state index contributed by atoms with van der Waals surface area (Å²) in [7, 11) is 0. The van der Waals surface area contributed by atoms with Crippen LogP contribution in [-0.4, -0.2) is 135 Å². The minimum Gasteiger partial charge on any atom is -0.391 e. The normalized spacial score (nSPS) is 49.7. The van der Waals surface area contributed by atoms with Crippen LogP contribution >= 0.6 is 0 Å². The number of nitrogens with two attached hydrogens (primary N) is 3. The van der Waals surface area contributed by atoms with Crippen molar-refractivity contribution >= 4 is 0 Å². The largest absolute Gasteiger partial charge is 0.391 e. The molecule has 0 amide bonds. The molecule has 2 saturated heterocycles. The van der Waals surface area contributed by atoms with Crippen molar-refractivity contribution in [2.24, 2.45) is 17.2 Å². The van der Waals surface area contributed by atoms with Crippen molar-refractivity contribution in [2.75, 3.05) is 6.54 Å². The molecular weight excluding hydrogens is 480 g/mol. The van der Waals surface area contributed by atoms with Crippen molar-refractivity contribution in [1.82, 2.24) is 5.32 Å². The van der Waals surface area contributed by atoms with Crippen molar-refractivity contribution in [3.8, 4) is 0 Å². The highest BCUT2D eigenvalue weighted by molar-refractivity contribution is 5.03. The summed E-state index contributed by atoms with van der Waals surface area (Å²) in [6.45, 7) is 5.59. The third kappa shape index (κ3) is 6.18. The molecule has 13 N–H and O–H groups in total. The molecule has 3 aliphatic rings. The summed E-state index contributed by atoms with van der Waals surface area (Å²) in [5.41, 5.74) is 18.3. The predicted octanol–water partition coefficient (Wildman–Crippen LogP) is -4.83. The molecule has 0 aromatic carbocycles. The maximum absolute atomic E-state index is 11.2. The number of aliphatic hydroxyl groups is 6. The molecule has 0 radical (unpaired) electrons. The Labute approximate surface area is 210 Å². The first-order chi connectivity index (χ1) is 16.9. The molecule has 0 spiro atoms. The lowest BCUT2D eigenvalue weighted by molar-refractivity contribution is -0.316. The highest BCUT2D eigenvalue weighted by Gasteiger charge is 2.53. The van der Waals surface area contributed by atoms with Gasteiger partial charge in [0.2, 0.25) is 0 Å². The van der Waals surface area contributed by atoms with Crippen LogP contribution in [0.2, 0.25) is 0 Å². The summed E-state index contributed by atoms with van der Waals surface area (Å²) in [4.78, 5) is 0. The van der Waals surface area contributed by atoms with Gasteiger partial charge in [-0.25, -0.2) is 0 Å². The van der Waals surface area contributed by atoms with E-state index in [4.69, 9.17) is 36.1 Å². The second-order valence-electron chi connectivity index (χ2n) is 10.2. The van der Waals surface area contributed by atoms with Crippen LogP contribution in [0.3, 0.4) is 0 Å². The molecule has 16 atom stereocenters. The Morgan fingerprint density at radius 2 is 1.44 bits per heavy atom. The van der Waals surface area contributed by atoms with Crippen LogP contribution < -0.4 is 22.5 Å². The summed E-state index contributed by atoms with van der Waals surface area (Å²) >= 11 is 0. The molecule has 1 aliphatic carbocycles. The maximum atomic E-state index is 11.2. The summed E-state index contributed by atoms with van der Waals surface area (Å²) < 4.78 is 23.4. The van der Waals surface area contributed by atoms with E-state index in [2.05, 4.69) is 5.32 Å². The van der Waals surface area contributed by atoms with Gasteiger partial charge in [0.25, 0.3) is 0 Å². The Balaban J connectivity index is 1.83. The highest BCUT2D eigenvalue weighted by atomic mass is 16.7. The monoisotopic (exact) mass is 524 g/mol. The topological polar surface area (TPSA) is 248 Å². The third-order valence-electron chi connectivity index (χ3n) is 7.20. The lowest BCUT2D eigenvalue weighted by Crippen LogP contribution is -2.68. The van der Waals surface area contributed by atoms with Crippen molar-refractivity contribution in [1.29, 1.82) is 0 Å². The molecule has 0 aromatic rings. The fraction of sp³-hybridized carbons (Fsp3) is 1.00. The molecule has 1 saturated carbocycles. The Morgan fingerprint density at radius 1 is 0.861 bits per heavy atom. The average Bonchev–Trinajstić information content (AvgIpc) is 3.10. The zero-order valence-electron chi connectivity index (χ0n) is 20.9. The minimum absolute atomic E-state index is 0.290. The van der Waals surface area contributed by atoms with Crippen LogP contribution in [0.4, 0.5) is 0 Å². The third-order valence-corrected chi connectivity index (χ3v) is 7.20. The Bertz CT molecular complexity index is 693. The number of ether oxygens (including phenoxy) is 4. The molecule has 2 aliphatic heterocycles. The van der Waals surface area contributed by atoms with Crippen LogP contribution in [0.1, 0.15) is 33.6 Å². The fourth-order valence-corrected chi connectivity index (χ4v) is 5.06. The second-order valence-corrected chi connectivity index (χ2v) is 10.2. The van der Waals surface area contributed by atoms with Gasteiger partial charge in [-0.15, -0.1) is 0 Å². The number of nitrogens with one attached hydrogen (secondary N) is 1. The first-order valence-corrected chi connectivity index (χ1v) is 12.6. The average molecular weight is 525 g/mol. The minimum atomic E-state index is -1.46. The van der Waals surface area contributed by atoms with E-state index in [0.717, 1.165) is 6.42 Å². The number of hydrogen-bond acceptors (Lipinski definition) is 14. The van der Waals surface area contributed by atoms with E-state index in [-0.39, 0.29) is 6.42 Å². The molecule has 14 nitrogen and oxygen atoms in total. The van der Waals surface area contributed by atoms with Crippen molar-refractivity contribution in [2.45, 2.75) is 131 Å². The zero-order chi connectivity index (χ0) is 26.9. The van der Waals surface area contributed by atoms with E-state index >= 15 is 0 Å². The van der Waals surface area contributed by atoms with Crippen LogP contribution in [0, 0.1) is 0 Å². The smallest absolute Gasteiger partial charge is 0.187 e. The lowest BCUT2D eigenvalue weighted by Gasteiger charge is -2.48. The second kappa shape index (κ2) is 12.5. The predicted molar refractivity (Wildman–Crippen MR) is 125 cm³/mol. The molecule has 14 heteroatoms. The van der Waals surface area contributed by atoms with Crippen molar-refractivity contribution < 1.29 is 49.6 Å². The van der Waals surface area contributed by atoms with Gasteiger partial charge in [0.05, 0.1) is 18.2 Å². The summed E-state index contributed by atoms with van der Waals surface area (Å²) in [6, 6.07) is -3.00. The molecule has 8 unspecified atom stereocenters. The van der Waals surface area contributed by atoms with Gasteiger partial charge in [-0.05, 0) is 33.2 Å². The number of rotatable bonds is 9. The molecule has 3 rings (SSSR count). The molecule has 212 valence electrons. The molecule has 0 aromatic heterocycles. The molecule has 3 fully saturated rings. The van der Waals surface area contributed by atoms with E-state index in [1.807, 2.05) is 6.92 Å². The van der Waals surface area contributed by atoms with Gasteiger partial charge in [-0.2, -0.15) is 0 Å². The van der Waals surface area contributed by atoms with E-state index < -0.39 is 97.8 Å². The van der Waals surface area contributed by atoms with Gasteiger partial charge in [-0.3, -0.25) is 0 Å². The van der Waals surface area contributed by atoms with E-state index in [1.54, 1.807) is 6.92 Å². The van der Waals surface area contributed by atoms with Crippen molar-refractivity contribution in [3.05, 3.63) is 0 Å². The van der Waals surface area contributed by atoms with Crippen LogP contribution in [-0.2, 0) is 18.9 Å². The Hall–Kier alpha value is -0.560. The first kappa shape index (κ1) is 30.0. The Morgan fingerprint density at radius 3 is 2.00 bits per heavy atom. The van der Waals surface area contributed by atoms with E-state index in [9.17, 15) is 30.6 Å². The maximum Gasteiger partial charge on any atom is 0.187 e. The van der Waals surface area contributed by atoms with Crippen molar-refractivity contribution in [3.63, 3.8) is 0 Å². The standard InChI is InChI=1S/C22H44N4O10/c1-4-5-26-10-6-9(24)19(35-21-11(25)13(29)14(30)18(34-21)8(3)27)20(12(10)28)36-22-16(32)15(31)17(33-22)7(2)23/h7-22,26-32H,4-6,23-25H2,1-3H3/t7-,8+,9?,10+,11?,12?,13?,14-,15?,16?,17+,18?,19+,20?,21+,22-/m0/s1.